The molecule has 1 aliphatic carbocycles. The van der Waals surface area contributed by atoms with Gasteiger partial charge in [0.1, 0.15) is 0 Å². The molecule has 2 unspecified atom stereocenters. The number of amides is 2. The van der Waals surface area contributed by atoms with Crippen LogP contribution in [0.25, 0.3) is 0 Å². The van der Waals surface area contributed by atoms with Gasteiger partial charge in [0.15, 0.2) is 0 Å². The van der Waals surface area contributed by atoms with Crippen molar-refractivity contribution in [2.75, 3.05) is 45.8 Å². The van der Waals surface area contributed by atoms with E-state index in [2.05, 4.69) is 4.90 Å². The van der Waals surface area contributed by atoms with Crippen LogP contribution < -0.4 is 5.73 Å². The van der Waals surface area contributed by atoms with E-state index in [9.17, 15) is 9.59 Å². The van der Waals surface area contributed by atoms with Crippen LogP contribution in [-0.4, -0.2) is 77.9 Å². The maximum absolute atomic E-state index is 12.9. The maximum atomic E-state index is 12.9. The average molecular weight is 437 g/mol. The van der Waals surface area contributed by atoms with Crippen LogP contribution >= 0.6 is 24.8 Å². The molecule has 164 valence electrons. The Balaban J connectivity index is 0.00000196. The molecule has 2 heterocycles. The van der Waals surface area contributed by atoms with E-state index in [1.807, 2.05) is 16.7 Å². The second kappa shape index (κ2) is 11.6. The number of carbonyl (C=O) groups excluding carboxylic acids is 2. The summed E-state index contributed by atoms with van der Waals surface area (Å²) in [6, 6.07) is 0. The molecule has 0 aromatic rings. The van der Waals surface area contributed by atoms with Gasteiger partial charge in [0.2, 0.25) is 11.8 Å². The SMILES string of the molecule is CC1(N)CCCCC1C(=O)N1CCN(CC(=O)N2CCCCCC2)CC1.Cl.Cl. The number of halogens is 2. The first-order chi connectivity index (χ1) is 12.5. The summed E-state index contributed by atoms with van der Waals surface area (Å²) in [5, 5.41) is 0. The number of rotatable bonds is 3. The second-order valence-corrected chi connectivity index (χ2v) is 8.70. The van der Waals surface area contributed by atoms with E-state index in [4.69, 9.17) is 5.73 Å². The number of nitrogens with zero attached hydrogens (tertiary/aromatic N) is 3. The Hall–Kier alpha value is -0.560. The molecular formula is C20H38Cl2N4O2. The van der Waals surface area contributed by atoms with Gasteiger partial charge in [-0.3, -0.25) is 14.5 Å². The Morgan fingerprint density at radius 2 is 1.46 bits per heavy atom. The lowest BCUT2D eigenvalue weighted by atomic mass is 9.74. The van der Waals surface area contributed by atoms with Crippen molar-refractivity contribution in [1.29, 1.82) is 0 Å². The van der Waals surface area contributed by atoms with E-state index >= 15 is 0 Å². The molecule has 0 bridgehead atoms. The number of nitrogens with two attached hydrogens (primary N) is 1. The predicted molar refractivity (Wildman–Crippen MR) is 117 cm³/mol. The molecule has 1 saturated carbocycles. The number of likely N-dealkylation sites (tertiary alicyclic amines) is 1. The zero-order valence-electron chi connectivity index (χ0n) is 17.2. The van der Waals surface area contributed by atoms with Crippen LogP contribution in [-0.2, 0) is 9.59 Å². The Morgan fingerprint density at radius 1 is 0.857 bits per heavy atom. The van der Waals surface area contributed by atoms with Gasteiger partial charge in [-0.25, -0.2) is 0 Å². The summed E-state index contributed by atoms with van der Waals surface area (Å²) in [6.45, 7) is 7.38. The van der Waals surface area contributed by atoms with E-state index in [-0.39, 0.29) is 48.1 Å². The van der Waals surface area contributed by atoms with E-state index in [0.717, 1.165) is 77.8 Å². The highest BCUT2D eigenvalue weighted by Gasteiger charge is 2.40. The van der Waals surface area contributed by atoms with Crippen molar-refractivity contribution in [2.45, 2.75) is 63.8 Å². The van der Waals surface area contributed by atoms with E-state index in [1.54, 1.807) is 0 Å². The van der Waals surface area contributed by atoms with Crippen molar-refractivity contribution in [3.8, 4) is 0 Å². The molecule has 8 heteroatoms. The smallest absolute Gasteiger partial charge is 0.236 e. The first-order valence-corrected chi connectivity index (χ1v) is 10.6. The molecule has 2 amide bonds. The third-order valence-electron chi connectivity index (χ3n) is 6.55. The number of hydrogen-bond donors (Lipinski definition) is 1. The third kappa shape index (κ3) is 6.48. The molecule has 28 heavy (non-hydrogen) atoms. The number of piperazine rings is 1. The van der Waals surface area contributed by atoms with Crippen LogP contribution in [0.4, 0.5) is 0 Å². The Morgan fingerprint density at radius 3 is 2.04 bits per heavy atom. The summed E-state index contributed by atoms with van der Waals surface area (Å²) in [5.74, 6) is 0.447. The van der Waals surface area contributed by atoms with Gasteiger partial charge in [-0.15, -0.1) is 24.8 Å². The molecule has 2 saturated heterocycles. The fourth-order valence-corrected chi connectivity index (χ4v) is 4.72. The minimum absolute atomic E-state index is 0. The molecule has 2 N–H and O–H groups in total. The molecule has 6 nitrogen and oxygen atoms in total. The quantitative estimate of drug-likeness (QED) is 0.736. The van der Waals surface area contributed by atoms with Crippen molar-refractivity contribution in [1.82, 2.24) is 14.7 Å². The number of carbonyl (C=O) groups is 2. The lowest BCUT2D eigenvalue weighted by molar-refractivity contribution is -0.141. The van der Waals surface area contributed by atoms with Crippen molar-refractivity contribution < 1.29 is 9.59 Å². The minimum Gasteiger partial charge on any atom is -0.342 e. The van der Waals surface area contributed by atoms with E-state index in [0.29, 0.717) is 6.54 Å². The molecule has 0 radical (unpaired) electrons. The molecule has 0 aromatic heterocycles. The lowest BCUT2D eigenvalue weighted by Gasteiger charge is -2.42. The van der Waals surface area contributed by atoms with Gasteiger partial charge >= 0.3 is 0 Å². The van der Waals surface area contributed by atoms with Crippen LogP contribution in [0, 0.1) is 5.92 Å². The Bertz CT molecular complexity index is 502. The molecule has 0 aromatic carbocycles. The standard InChI is InChI=1S/C20H36N4O2.2ClH/c1-20(21)9-5-4-8-17(20)19(26)24-14-12-22(13-15-24)16-18(25)23-10-6-2-3-7-11-23;;/h17H,2-16,21H2,1H3;2*1H. The van der Waals surface area contributed by atoms with Crippen LogP contribution in [0.5, 0.6) is 0 Å². The Kier molecular flexibility index (Phi) is 10.5. The fourth-order valence-electron chi connectivity index (χ4n) is 4.72. The summed E-state index contributed by atoms with van der Waals surface area (Å²) in [6.07, 6.45) is 8.84. The van der Waals surface area contributed by atoms with Gasteiger partial charge in [0.05, 0.1) is 12.5 Å². The molecular weight excluding hydrogens is 399 g/mol. The zero-order valence-corrected chi connectivity index (χ0v) is 18.9. The molecule has 3 aliphatic rings. The minimum atomic E-state index is -0.366. The van der Waals surface area contributed by atoms with Crippen molar-refractivity contribution >= 4 is 36.6 Å². The van der Waals surface area contributed by atoms with Gasteiger partial charge in [0.25, 0.3) is 0 Å². The number of hydrogen-bond acceptors (Lipinski definition) is 4. The van der Waals surface area contributed by atoms with Crippen LogP contribution in [0.2, 0.25) is 0 Å². The lowest BCUT2D eigenvalue weighted by Crippen LogP contribution is -2.57. The van der Waals surface area contributed by atoms with Crippen molar-refractivity contribution in [2.24, 2.45) is 11.7 Å². The normalized spacial score (nSPS) is 29.3. The average Bonchev–Trinajstić information content (AvgIpc) is 2.91. The van der Waals surface area contributed by atoms with E-state index < -0.39 is 0 Å². The molecule has 3 rings (SSSR count). The second-order valence-electron chi connectivity index (χ2n) is 8.70. The fraction of sp³-hybridized carbons (Fsp3) is 0.900. The highest BCUT2D eigenvalue weighted by Crippen LogP contribution is 2.33. The first kappa shape index (κ1) is 25.5. The van der Waals surface area contributed by atoms with Crippen molar-refractivity contribution in [3.05, 3.63) is 0 Å². The third-order valence-corrected chi connectivity index (χ3v) is 6.55. The molecule has 0 spiro atoms. The van der Waals surface area contributed by atoms with Gasteiger partial charge in [-0.2, -0.15) is 0 Å². The molecule has 2 aliphatic heterocycles. The molecule has 3 fully saturated rings. The van der Waals surface area contributed by atoms with Gasteiger partial charge in [-0.1, -0.05) is 25.7 Å². The largest absolute Gasteiger partial charge is 0.342 e. The summed E-state index contributed by atoms with van der Waals surface area (Å²) in [4.78, 5) is 31.7. The van der Waals surface area contributed by atoms with E-state index in [1.165, 1.54) is 12.8 Å². The van der Waals surface area contributed by atoms with Gasteiger partial charge < -0.3 is 15.5 Å². The Labute approximate surface area is 182 Å². The summed E-state index contributed by atoms with van der Waals surface area (Å²) >= 11 is 0. The van der Waals surface area contributed by atoms with Gasteiger partial charge in [-0.05, 0) is 32.6 Å². The van der Waals surface area contributed by atoms with Crippen LogP contribution in [0.1, 0.15) is 58.3 Å². The monoisotopic (exact) mass is 436 g/mol. The first-order valence-electron chi connectivity index (χ1n) is 10.6. The van der Waals surface area contributed by atoms with Gasteiger partial charge in [0, 0.05) is 44.8 Å². The van der Waals surface area contributed by atoms with Crippen LogP contribution in [0.15, 0.2) is 0 Å². The maximum Gasteiger partial charge on any atom is 0.236 e. The van der Waals surface area contributed by atoms with Crippen molar-refractivity contribution in [3.63, 3.8) is 0 Å². The zero-order chi connectivity index (χ0) is 18.6. The summed E-state index contributed by atoms with van der Waals surface area (Å²) < 4.78 is 0. The topological polar surface area (TPSA) is 69.9 Å². The predicted octanol–water partition coefficient (Wildman–Crippen LogP) is 2.28. The molecule has 2 atom stereocenters. The van der Waals surface area contributed by atoms with Crippen LogP contribution in [0.3, 0.4) is 0 Å². The highest BCUT2D eigenvalue weighted by atomic mass is 35.5. The summed E-state index contributed by atoms with van der Waals surface area (Å²) in [7, 11) is 0. The highest BCUT2D eigenvalue weighted by molar-refractivity contribution is 5.85. The summed E-state index contributed by atoms with van der Waals surface area (Å²) in [5.41, 5.74) is 6.04.